The molecule has 1 atom stereocenters. The van der Waals surface area contributed by atoms with Crippen LogP contribution in [0.15, 0.2) is 54.6 Å². The van der Waals surface area contributed by atoms with Crippen LogP contribution in [0.2, 0.25) is 0 Å². The molecule has 0 saturated heterocycles. The van der Waals surface area contributed by atoms with Gasteiger partial charge in [0.2, 0.25) is 0 Å². The number of aryl methyl sites for hydroxylation is 1. The predicted octanol–water partition coefficient (Wildman–Crippen LogP) is 6.03. The van der Waals surface area contributed by atoms with E-state index in [0.29, 0.717) is 5.76 Å². The van der Waals surface area contributed by atoms with Gasteiger partial charge < -0.3 is 9.84 Å². The van der Waals surface area contributed by atoms with Crippen LogP contribution in [0.3, 0.4) is 0 Å². The number of nitrogens with zero attached hydrogens (tertiary/aromatic N) is 1. The van der Waals surface area contributed by atoms with Gasteiger partial charge >= 0.3 is 0 Å². The molecule has 0 bridgehead atoms. The van der Waals surface area contributed by atoms with Crippen molar-refractivity contribution in [3.8, 4) is 5.75 Å². The minimum Gasteiger partial charge on any atom is -0.459 e. The summed E-state index contributed by atoms with van der Waals surface area (Å²) in [7, 11) is 0. The molecule has 0 amide bonds. The van der Waals surface area contributed by atoms with E-state index in [1.54, 1.807) is 12.4 Å². The zero-order valence-corrected chi connectivity index (χ0v) is 17.1. The maximum atomic E-state index is 10.8. The second-order valence-corrected chi connectivity index (χ2v) is 8.16. The summed E-state index contributed by atoms with van der Waals surface area (Å²) in [5.41, 5.74) is 1.91. The molecule has 3 heteroatoms. The van der Waals surface area contributed by atoms with Gasteiger partial charge in [-0.1, -0.05) is 65.2 Å². The zero-order chi connectivity index (χ0) is 19.7. The minimum atomic E-state index is -0.716. The lowest BCUT2D eigenvalue weighted by Gasteiger charge is -2.28. The molecule has 0 spiro atoms. The summed E-state index contributed by atoms with van der Waals surface area (Å²) in [4.78, 5) is 4.14. The molecule has 146 valence electrons. The molecule has 3 nitrogen and oxygen atoms in total. The molecule has 27 heavy (non-hydrogen) atoms. The van der Waals surface area contributed by atoms with Crippen LogP contribution in [0.5, 0.6) is 5.75 Å². The van der Waals surface area contributed by atoms with Crippen molar-refractivity contribution >= 4 is 6.08 Å². The Bertz CT molecular complexity index is 699. The van der Waals surface area contributed by atoms with Crippen LogP contribution in [-0.2, 0) is 6.42 Å². The summed E-state index contributed by atoms with van der Waals surface area (Å²) in [5.74, 6) is 1.27. The number of pyridine rings is 1. The van der Waals surface area contributed by atoms with E-state index in [9.17, 15) is 5.11 Å². The molecule has 1 unspecified atom stereocenters. The van der Waals surface area contributed by atoms with Crippen molar-refractivity contribution in [3.05, 3.63) is 65.7 Å². The fourth-order valence-electron chi connectivity index (χ4n) is 2.83. The maximum absolute atomic E-state index is 10.8. The van der Waals surface area contributed by atoms with Gasteiger partial charge in [0.25, 0.3) is 0 Å². The third-order valence-electron chi connectivity index (χ3n) is 4.56. The number of benzene rings is 1. The largest absolute Gasteiger partial charge is 0.459 e. The van der Waals surface area contributed by atoms with Crippen molar-refractivity contribution in [2.75, 3.05) is 0 Å². The topological polar surface area (TPSA) is 42.4 Å². The number of aromatic nitrogens is 1. The van der Waals surface area contributed by atoms with E-state index in [4.69, 9.17) is 4.74 Å². The molecule has 0 aliphatic rings. The second kappa shape index (κ2) is 10.3. The molecule has 0 aliphatic carbocycles. The van der Waals surface area contributed by atoms with Gasteiger partial charge in [-0.2, -0.15) is 0 Å². The Morgan fingerprint density at radius 3 is 2.44 bits per heavy atom. The van der Waals surface area contributed by atoms with Gasteiger partial charge in [0.15, 0.2) is 0 Å². The molecule has 0 fully saturated rings. The lowest BCUT2D eigenvalue weighted by molar-refractivity contribution is 0.0641. The van der Waals surface area contributed by atoms with Crippen molar-refractivity contribution < 1.29 is 9.84 Å². The fraction of sp³-hybridized carbons (Fsp3) is 0.458. The van der Waals surface area contributed by atoms with Crippen LogP contribution in [0.25, 0.3) is 6.08 Å². The Morgan fingerprint density at radius 1 is 1.11 bits per heavy atom. The monoisotopic (exact) mass is 367 g/mol. The standard InChI is InChI=1S/C24H33NO2/c1-5-6-7-8-10-19-12-14-21(15-13-19)27-22(23(26)24(2,3)4)17-20-11-9-16-25-18-20/h9,11-18,23,26H,5-8,10H2,1-4H3. The van der Waals surface area contributed by atoms with Crippen LogP contribution in [0.1, 0.15) is 64.5 Å². The van der Waals surface area contributed by atoms with Gasteiger partial charge in [-0.3, -0.25) is 4.98 Å². The van der Waals surface area contributed by atoms with E-state index in [1.165, 1.54) is 31.2 Å². The highest BCUT2D eigenvalue weighted by atomic mass is 16.5. The summed E-state index contributed by atoms with van der Waals surface area (Å²) in [6.07, 6.45) is 10.8. The normalized spacial score (nSPS) is 13.4. The summed E-state index contributed by atoms with van der Waals surface area (Å²) in [6, 6.07) is 12.0. The smallest absolute Gasteiger partial charge is 0.134 e. The summed E-state index contributed by atoms with van der Waals surface area (Å²) < 4.78 is 6.09. The maximum Gasteiger partial charge on any atom is 0.134 e. The molecule has 1 heterocycles. The highest BCUT2D eigenvalue weighted by Crippen LogP contribution is 2.28. The first kappa shape index (κ1) is 21.2. The Hall–Kier alpha value is -2.13. The Kier molecular flexibility index (Phi) is 8.05. The minimum absolute atomic E-state index is 0.326. The molecule has 0 aliphatic heterocycles. The first-order valence-corrected chi connectivity index (χ1v) is 9.96. The van der Waals surface area contributed by atoms with E-state index in [2.05, 4.69) is 24.0 Å². The highest BCUT2D eigenvalue weighted by molar-refractivity contribution is 5.52. The number of aliphatic hydroxyl groups is 1. The molecule has 1 aromatic heterocycles. The van der Waals surface area contributed by atoms with Crippen molar-refractivity contribution in [3.63, 3.8) is 0 Å². The highest BCUT2D eigenvalue weighted by Gasteiger charge is 2.27. The van der Waals surface area contributed by atoms with Gasteiger partial charge in [-0.15, -0.1) is 0 Å². The summed E-state index contributed by atoms with van der Waals surface area (Å²) in [5, 5.41) is 10.8. The van der Waals surface area contributed by atoms with E-state index in [1.807, 2.05) is 51.1 Å². The SMILES string of the molecule is CCCCCCc1ccc(OC(=Cc2cccnc2)C(O)C(C)(C)C)cc1. The summed E-state index contributed by atoms with van der Waals surface area (Å²) in [6.45, 7) is 8.22. The molecule has 2 aromatic rings. The van der Waals surface area contributed by atoms with Crippen LogP contribution in [0, 0.1) is 5.41 Å². The average Bonchev–Trinajstić information content (AvgIpc) is 2.65. The van der Waals surface area contributed by atoms with Crippen molar-refractivity contribution in [1.82, 2.24) is 4.98 Å². The molecular weight excluding hydrogens is 334 g/mol. The molecule has 1 aromatic carbocycles. The second-order valence-electron chi connectivity index (χ2n) is 8.16. The Labute approximate surface area is 164 Å². The number of ether oxygens (including phenoxy) is 1. The zero-order valence-electron chi connectivity index (χ0n) is 17.1. The van der Waals surface area contributed by atoms with Crippen molar-refractivity contribution in [2.24, 2.45) is 5.41 Å². The molecule has 0 saturated carbocycles. The molecule has 1 N–H and O–H groups in total. The number of hydrogen-bond donors (Lipinski definition) is 1. The van der Waals surface area contributed by atoms with E-state index in [-0.39, 0.29) is 5.41 Å². The molecular formula is C24H33NO2. The van der Waals surface area contributed by atoms with Crippen LogP contribution in [-0.4, -0.2) is 16.2 Å². The number of aliphatic hydroxyl groups excluding tert-OH is 1. The van der Waals surface area contributed by atoms with E-state index < -0.39 is 6.10 Å². The molecule has 0 radical (unpaired) electrons. The van der Waals surface area contributed by atoms with Crippen molar-refractivity contribution in [1.29, 1.82) is 0 Å². The number of unbranched alkanes of at least 4 members (excludes halogenated alkanes) is 3. The van der Waals surface area contributed by atoms with Gasteiger partial charge in [0, 0.05) is 12.4 Å². The lowest BCUT2D eigenvalue weighted by atomic mass is 9.87. The quantitative estimate of drug-likeness (QED) is 0.434. The van der Waals surface area contributed by atoms with Crippen LogP contribution in [0.4, 0.5) is 0 Å². The third-order valence-corrected chi connectivity index (χ3v) is 4.56. The van der Waals surface area contributed by atoms with E-state index >= 15 is 0 Å². The predicted molar refractivity (Wildman–Crippen MR) is 113 cm³/mol. The third kappa shape index (κ3) is 7.18. The lowest BCUT2D eigenvalue weighted by Crippen LogP contribution is -2.30. The molecule has 2 rings (SSSR count). The van der Waals surface area contributed by atoms with Crippen LogP contribution < -0.4 is 4.74 Å². The van der Waals surface area contributed by atoms with Gasteiger partial charge in [-0.05, 0) is 53.7 Å². The summed E-state index contributed by atoms with van der Waals surface area (Å²) >= 11 is 0. The number of rotatable bonds is 9. The Balaban J connectivity index is 2.12. The fourth-order valence-corrected chi connectivity index (χ4v) is 2.83. The Morgan fingerprint density at radius 2 is 1.85 bits per heavy atom. The first-order chi connectivity index (χ1) is 12.9. The van der Waals surface area contributed by atoms with Gasteiger partial charge in [-0.25, -0.2) is 0 Å². The van der Waals surface area contributed by atoms with Gasteiger partial charge in [0.1, 0.15) is 17.6 Å². The van der Waals surface area contributed by atoms with Crippen LogP contribution >= 0.6 is 0 Å². The van der Waals surface area contributed by atoms with Gasteiger partial charge in [0.05, 0.1) is 0 Å². The van der Waals surface area contributed by atoms with Crippen molar-refractivity contribution in [2.45, 2.75) is 65.9 Å². The first-order valence-electron chi connectivity index (χ1n) is 9.96. The van der Waals surface area contributed by atoms with E-state index in [0.717, 1.165) is 17.7 Å². The number of hydrogen-bond acceptors (Lipinski definition) is 3. The average molecular weight is 368 g/mol.